The number of thiocarbonyl (C=S) groups is 1. The molecule has 5 aliphatic rings. The van der Waals surface area contributed by atoms with Crippen LogP contribution in [0.15, 0.2) is 0 Å². The molecule has 0 aromatic heterocycles. The maximum atomic E-state index is 6.40. The molecule has 0 N–H and O–H groups in total. The molecule has 0 aliphatic heterocycles. The molecule has 0 aromatic carbocycles. The van der Waals surface area contributed by atoms with Gasteiger partial charge in [-0.1, -0.05) is 152 Å². The van der Waals surface area contributed by atoms with E-state index in [1.165, 1.54) is 127 Å². The fourth-order valence-electron chi connectivity index (χ4n) is 10.2. The van der Waals surface area contributed by atoms with Crippen molar-refractivity contribution < 1.29 is 0 Å². The normalized spacial score (nSPS) is 34.5. The average molecular weight is 651 g/mol. The van der Waals surface area contributed by atoms with Gasteiger partial charge in [-0.25, -0.2) is 0 Å². The summed E-state index contributed by atoms with van der Waals surface area (Å²) in [5.41, 5.74) is 0.533. The number of hydrogen-bond acceptors (Lipinski definition) is 2. The lowest BCUT2D eigenvalue weighted by molar-refractivity contribution is 0.0606. The molecule has 0 saturated heterocycles. The van der Waals surface area contributed by atoms with Crippen LogP contribution in [-0.2, 0) is 0 Å². The molecule has 5 rings (SSSR count). The molecule has 262 valence electrons. The van der Waals surface area contributed by atoms with Gasteiger partial charge in [0.25, 0.3) is 0 Å². The van der Waals surface area contributed by atoms with Crippen molar-refractivity contribution in [2.45, 2.75) is 191 Å². The molecule has 5 saturated carbocycles. The summed E-state index contributed by atoms with van der Waals surface area (Å²) in [4.78, 5) is 1.52. The highest BCUT2D eigenvalue weighted by molar-refractivity contribution is 7.80. The quantitative estimate of drug-likeness (QED) is 0.220. The fourth-order valence-corrected chi connectivity index (χ4v) is 10.7. The zero-order valence-electron chi connectivity index (χ0n) is 32.1. The van der Waals surface area contributed by atoms with Gasteiger partial charge in [0.1, 0.15) is 0 Å². The van der Waals surface area contributed by atoms with Crippen LogP contribution in [0, 0.1) is 64.6 Å². The third kappa shape index (κ3) is 12.5. The summed E-state index contributed by atoms with van der Waals surface area (Å²) in [5, 5.41) is 0. The molecule has 5 fully saturated rings. The van der Waals surface area contributed by atoms with Crippen LogP contribution in [0.25, 0.3) is 0 Å². The van der Waals surface area contributed by atoms with E-state index in [1.807, 2.05) is 27.7 Å². The first-order chi connectivity index (χ1) is 21.2. The lowest BCUT2D eigenvalue weighted by atomic mass is 9.58. The van der Waals surface area contributed by atoms with Gasteiger partial charge < -0.3 is 0 Å². The van der Waals surface area contributed by atoms with Crippen LogP contribution in [-0.4, -0.2) is 11.1 Å². The Morgan fingerprint density at radius 3 is 1.77 bits per heavy atom. The number of hydrogen-bond donors (Lipinski definition) is 1. The van der Waals surface area contributed by atoms with Gasteiger partial charge in [0.2, 0.25) is 0 Å². The average Bonchev–Trinajstić information content (AvgIpc) is 3.56. The SMILES string of the molecule is CC.CC.CC1CCCCC1.CCC(C)(C)C1CCC(C2C(C)CCCC2C(=S)C(C)C2CCC3CCCC3C2)CC1.CS. The largest absolute Gasteiger partial charge is 0.183 e. The summed E-state index contributed by atoms with van der Waals surface area (Å²) in [7, 11) is 0. The summed E-state index contributed by atoms with van der Waals surface area (Å²) >= 11 is 9.93. The standard InChI is InChI=1S/C30H52S.C7H14.2C2H6.CH4S/c1-6-30(4,5)26-17-15-23(16-18-26)28-20(2)9-7-12-27(28)29(31)21(3)24-14-13-22-10-8-11-25(22)19-24;1-7-5-3-2-4-6-7;3*1-2/h20-28H,6-19H2,1-5H3;7H,2-6H2,1H3;2*1-2H3;2H,1H3. The zero-order chi connectivity index (χ0) is 33.3. The van der Waals surface area contributed by atoms with Crippen LogP contribution in [0.3, 0.4) is 0 Å². The number of fused-ring (bicyclic) bond motifs is 1. The molecule has 2 heteroatoms. The second kappa shape index (κ2) is 22.9. The van der Waals surface area contributed by atoms with E-state index < -0.39 is 0 Å². The molecule has 5 aliphatic carbocycles. The van der Waals surface area contributed by atoms with Crippen molar-refractivity contribution in [2.24, 2.45) is 64.6 Å². The highest BCUT2D eigenvalue weighted by Crippen LogP contribution is 2.52. The van der Waals surface area contributed by atoms with Crippen LogP contribution in [0.4, 0.5) is 0 Å². The van der Waals surface area contributed by atoms with Crippen molar-refractivity contribution in [2.75, 3.05) is 6.26 Å². The summed E-state index contributed by atoms with van der Waals surface area (Å²) in [5.74, 6) is 9.13. The smallest absolute Gasteiger partial charge is 0.000672 e. The monoisotopic (exact) mass is 651 g/mol. The minimum atomic E-state index is 0.533. The van der Waals surface area contributed by atoms with Gasteiger partial charge in [-0.15, -0.1) is 0 Å². The lowest BCUT2D eigenvalue weighted by Gasteiger charge is -2.48. The van der Waals surface area contributed by atoms with E-state index >= 15 is 0 Å². The van der Waals surface area contributed by atoms with E-state index in [0.29, 0.717) is 11.3 Å². The molecule has 0 radical (unpaired) electrons. The third-order valence-electron chi connectivity index (χ3n) is 13.4. The predicted molar refractivity (Wildman–Crippen MR) is 209 cm³/mol. The Balaban J connectivity index is 0.000000633. The third-order valence-corrected chi connectivity index (χ3v) is 14.0. The maximum Gasteiger partial charge on any atom is -0.000672 e. The molecule has 0 nitrogen and oxygen atoms in total. The first kappa shape index (κ1) is 42.5. The molecular weight excluding hydrogens is 569 g/mol. The van der Waals surface area contributed by atoms with Gasteiger partial charge in [-0.2, -0.15) is 12.6 Å². The predicted octanol–water partition coefficient (Wildman–Crippen LogP) is 14.7. The van der Waals surface area contributed by atoms with Crippen LogP contribution < -0.4 is 0 Å². The van der Waals surface area contributed by atoms with E-state index in [-0.39, 0.29) is 0 Å². The Kier molecular flexibility index (Phi) is 22.1. The minimum Gasteiger partial charge on any atom is -0.183 e. The van der Waals surface area contributed by atoms with Gasteiger partial charge in [0.15, 0.2) is 0 Å². The zero-order valence-corrected chi connectivity index (χ0v) is 33.8. The van der Waals surface area contributed by atoms with Gasteiger partial charge in [-0.05, 0) is 127 Å². The highest BCUT2D eigenvalue weighted by Gasteiger charge is 2.44. The van der Waals surface area contributed by atoms with Crippen LogP contribution in [0.5, 0.6) is 0 Å². The van der Waals surface area contributed by atoms with Crippen molar-refractivity contribution in [3.05, 3.63) is 0 Å². The van der Waals surface area contributed by atoms with Crippen molar-refractivity contribution in [1.82, 2.24) is 0 Å². The molecule has 7 unspecified atom stereocenters. The van der Waals surface area contributed by atoms with E-state index in [2.05, 4.69) is 54.2 Å². The van der Waals surface area contributed by atoms with Crippen molar-refractivity contribution in [3.63, 3.8) is 0 Å². The Morgan fingerprint density at radius 2 is 1.23 bits per heavy atom. The molecule has 0 aromatic rings. The van der Waals surface area contributed by atoms with Crippen molar-refractivity contribution >= 4 is 29.7 Å². The summed E-state index contributed by atoms with van der Waals surface area (Å²) < 4.78 is 0. The number of rotatable bonds is 6. The topological polar surface area (TPSA) is 0 Å². The second-order valence-electron chi connectivity index (χ2n) is 16.0. The van der Waals surface area contributed by atoms with Crippen LogP contribution in [0.1, 0.15) is 191 Å². The van der Waals surface area contributed by atoms with Crippen molar-refractivity contribution in [1.29, 1.82) is 0 Å². The van der Waals surface area contributed by atoms with Gasteiger partial charge in [0.05, 0.1) is 0 Å². The van der Waals surface area contributed by atoms with E-state index in [4.69, 9.17) is 12.2 Å². The molecule has 0 bridgehead atoms. The van der Waals surface area contributed by atoms with Gasteiger partial charge in [-0.3, -0.25) is 0 Å². The molecular formula is C42H82S2. The Labute approximate surface area is 290 Å². The van der Waals surface area contributed by atoms with E-state index in [1.54, 1.807) is 6.26 Å². The fraction of sp³-hybridized carbons (Fsp3) is 0.976. The van der Waals surface area contributed by atoms with Gasteiger partial charge in [0, 0.05) is 0 Å². The molecule has 0 heterocycles. The second-order valence-corrected chi connectivity index (χ2v) is 16.5. The Morgan fingerprint density at radius 1 is 0.682 bits per heavy atom. The lowest BCUT2D eigenvalue weighted by Crippen LogP contribution is -2.42. The first-order valence-corrected chi connectivity index (χ1v) is 21.5. The molecule has 0 spiro atoms. The Hall–Kier alpha value is 0.440. The van der Waals surface area contributed by atoms with Crippen molar-refractivity contribution in [3.8, 4) is 0 Å². The summed E-state index contributed by atoms with van der Waals surface area (Å²) in [6, 6.07) is 0. The molecule has 7 atom stereocenters. The minimum absolute atomic E-state index is 0.533. The van der Waals surface area contributed by atoms with E-state index in [0.717, 1.165) is 53.3 Å². The molecule has 0 amide bonds. The van der Waals surface area contributed by atoms with Gasteiger partial charge >= 0.3 is 0 Å². The summed E-state index contributed by atoms with van der Waals surface area (Å²) in [6.45, 7) is 22.9. The molecule has 44 heavy (non-hydrogen) atoms. The number of thiol groups is 1. The summed E-state index contributed by atoms with van der Waals surface area (Å²) in [6.07, 6.45) is 29.6. The van der Waals surface area contributed by atoms with E-state index in [9.17, 15) is 0 Å². The maximum absolute atomic E-state index is 6.40. The Bertz CT molecular complexity index is 713. The first-order valence-electron chi connectivity index (χ1n) is 20.2. The van der Waals surface area contributed by atoms with Crippen LogP contribution >= 0.6 is 24.8 Å². The highest BCUT2D eigenvalue weighted by atomic mass is 32.1. The van der Waals surface area contributed by atoms with Crippen LogP contribution in [0.2, 0.25) is 0 Å².